The van der Waals surface area contributed by atoms with E-state index in [1.807, 2.05) is 31.4 Å². The van der Waals surface area contributed by atoms with Crippen LogP contribution < -0.4 is 5.32 Å². The number of rotatable bonds is 4. The molecule has 4 atom stereocenters. The van der Waals surface area contributed by atoms with E-state index in [1.54, 1.807) is 17.5 Å². The molecular formula is C21H21N5O2S2. The third-order valence-electron chi connectivity index (χ3n) is 6.21. The number of aryl methyl sites for hydroxylation is 2. The second-order valence-electron chi connectivity index (χ2n) is 8.14. The number of carbonyl (C=O) groups is 1. The summed E-state index contributed by atoms with van der Waals surface area (Å²) in [4.78, 5) is 29.8. The van der Waals surface area contributed by atoms with Crippen molar-refractivity contribution in [1.82, 2.24) is 19.9 Å². The van der Waals surface area contributed by atoms with E-state index < -0.39 is 0 Å². The minimum absolute atomic E-state index is 0.0760. The lowest BCUT2D eigenvalue weighted by Crippen LogP contribution is -2.50. The largest absolute Gasteiger partial charge is 0.374 e. The molecule has 5 heterocycles. The Hall–Kier alpha value is -2.36. The maximum absolute atomic E-state index is 13.1. The Morgan fingerprint density at radius 2 is 2.17 bits per heavy atom. The normalized spacial score (nSPS) is 26.5. The zero-order valence-corrected chi connectivity index (χ0v) is 18.3. The van der Waals surface area contributed by atoms with Crippen molar-refractivity contribution < 1.29 is 9.53 Å². The average molecular weight is 440 g/mol. The van der Waals surface area contributed by atoms with E-state index in [-0.39, 0.29) is 24.1 Å². The van der Waals surface area contributed by atoms with Crippen molar-refractivity contribution in [3.8, 4) is 10.6 Å². The second kappa shape index (κ2) is 6.83. The molecule has 3 aromatic heterocycles. The van der Waals surface area contributed by atoms with Gasteiger partial charge in [-0.2, -0.15) is 0 Å². The van der Waals surface area contributed by atoms with Gasteiger partial charge in [0.05, 0.1) is 51.6 Å². The van der Waals surface area contributed by atoms with E-state index in [0.717, 1.165) is 32.8 Å². The van der Waals surface area contributed by atoms with Gasteiger partial charge in [0.1, 0.15) is 5.82 Å². The summed E-state index contributed by atoms with van der Waals surface area (Å²) in [7, 11) is 0. The predicted octanol–water partition coefficient (Wildman–Crippen LogP) is 4.02. The summed E-state index contributed by atoms with van der Waals surface area (Å²) in [5.74, 6) is 1.29. The Kier molecular flexibility index (Phi) is 4.19. The number of fused-ring (bicyclic) bond motifs is 2. The highest BCUT2D eigenvalue weighted by Crippen LogP contribution is 2.51. The maximum Gasteiger partial charge on any atom is 0.256 e. The lowest BCUT2D eigenvalue weighted by molar-refractivity contribution is -0.00589. The topological polar surface area (TPSA) is 80.2 Å². The molecule has 6 rings (SSSR count). The van der Waals surface area contributed by atoms with Crippen LogP contribution in [0.1, 0.15) is 33.9 Å². The van der Waals surface area contributed by atoms with Crippen LogP contribution in [0.15, 0.2) is 23.7 Å². The number of piperidine rings is 1. The number of aromatic nitrogens is 3. The van der Waals surface area contributed by atoms with Crippen molar-refractivity contribution in [3.05, 3.63) is 40.0 Å². The van der Waals surface area contributed by atoms with E-state index in [4.69, 9.17) is 4.74 Å². The quantitative estimate of drug-likeness (QED) is 0.661. The number of carbonyl (C=O) groups excluding carboxylic acids is 1. The highest BCUT2D eigenvalue weighted by atomic mass is 32.1. The van der Waals surface area contributed by atoms with E-state index in [1.165, 1.54) is 17.8 Å². The van der Waals surface area contributed by atoms with Crippen LogP contribution in [0.25, 0.3) is 10.6 Å². The van der Waals surface area contributed by atoms with Crippen molar-refractivity contribution in [2.75, 3.05) is 11.9 Å². The van der Waals surface area contributed by atoms with Gasteiger partial charge in [0, 0.05) is 17.5 Å². The Morgan fingerprint density at radius 3 is 2.93 bits per heavy atom. The second-order valence-corrected chi connectivity index (χ2v) is 10.2. The number of nitrogens with zero attached hydrogens (tertiary/aromatic N) is 4. The molecule has 2 bridgehead atoms. The lowest BCUT2D eigenvalue weighted by Gasteiger charge is -2.37. The van der Waals surface area contributed by atoms with Gasteiger partial charge in [-0.25, -0.2) is 15.0 Å². The number of anilines is 2. The Balaban J connectivity index is 1.17. The highest BCUT2D eigenvalue weighted by molar-refractivity contribution is 7.16. The SMILES string of the molecule is Cc1nc(C)c(-c2csc(Nc3ccc(C(=O)N4[C@H]5CCC6[C@@H]4[C@H]6OC5)cn3)n2)s1. The zero-order valence-electron chi connectivity index (χ0n) is 16.7. The maximum atomic E-state index is 13.1. The summed E-state index contributed by atoms with van der Waals surface area (Å²) in [5.41, 5.74) is 2.57. The van der Waals surface area contributed by atoms with Gasteiger partial charge in [-0.05, 0) is 38.8 Å². The molecule has 30 heavy (non-hydrogen) atoms. The Morgan fingerprint density at radius 1 is 1.27 bits per heavy atom. The molecule has 2 aliphatic heterocycles. The third kappa shape index (κ3) is 2.95. The summed E-state index contributed by atoms with van der Waals surface area (Å²) < 4.78 is 5.85. The fourth-order valence-electron chi connectivity index (χ4n) is 4.76. The van der Waals surface area contributed by atoms with Gasteiger partial charge in [-0.1, -0.05) is 0 Å². The molecule has 1 N–H and O–H groups in total. The van der Waals surface area contributed by atoms with E-state index in [0.29, 0.717) is 23.9 Å². The molecule has 1 unspecified atom stereocenters. The van der Waals surface area contributed by atoms with Gasteiger partial charge in [0.2, 0.25) is 0 Å². The number of thiazole rings is 2. The molecular weight excluding hydrogens is 418 g/mol. The Bertz CT molecular complexity index is 1110. The summed E-state index contributed by atoms with van der Waals surface area (Å²) in [6.45, 7) is 4.68. The molecule has 3 fully saturated rings. The molecule has 3 aromatic rings. The number of nitrogens with one attached hydrogen (secondary N) is 1. The van der Waals surface area contributed by atoms with Gasteiger partial charge in [0.15, 0.2) is 5.13 Å². The molecule has 2 saturated heterocycles. The van der Waals surface area contributed by atoms with Crippen LogP contribution in [0.2, 0.25) is 0 Å². The Labute approximate surface area is 182 Å². The van der Waals surface area contributed by atoms with Crippen molar-refractivity contribution in [1.29, 1.82) is 0 Å². The highest BCUT2D eigenvalue weighted by Gasteiger charge is 2.63. The van der Waals surface area contributed by atoms with Gasteiger partial charge >= 0.3 is 0 Å². The fourth-order valence-corrected chi connectivity index (χ4v) is 6.42. The van der Waals surface area contributed by atoms with Gasteiger partial charge in [0.25, 0.3) is 5.91 Å². The molecule has 0 spiro atoms. The summed E-state index contributed by atoms with van der Waals surface area (Å²) in [6, 6.07) is 4.18. The monoisotopic (exact) mass is 439 g/mol. The number of hydrogen-bond acceptors (Lipinski definition) is 8. The van der Waals surface area contributed by atoms with E-state index in [2.05, 4.69) is 25.2 Å². The predicted molar refractivity (Wildman–Crippen MR) is 116 cm³/mol. The van der Waals surface area contributed by atoms with Crippen LogP contribution in [-0.2, 0) is 4.74 Å². The number of hydrogen-bond donors (Lipinski definition) is 1. The minimum Gasteiger partial charge on any atom is -0.374 e. The molecule has 1 saturated carbocycles. The molecule has 0 radical (unpaired) electrons. The fraction of sp³-hybridized carbons (Fsp3) is 0.429. The number of pyridine rings is 1. The van der Waals surface area contributed by atoms with Crippen LogP contribution >= 0.6 is 22.7 Å². The smallest absolute Gasteiger partial charge is 0.256 e. The third-order valence-corrected chi connectivity index (χ3v) is 8.06. The summed E-state index contributed by atoms with van der Waals surface area (Å²) in [5, 5.41) is 7.08. The van der Waals surface area contributed by atoms with E-state index >= 15 is 0 Å². The molecule has 0 aromatic carbocycles. The first-order chi connectivity index (χ1) is 14.6. The molecule has 9 heteroatoms. The van der Waals surface area contributed by atoms with Crippen LogP contribution in [0.4, 0.5) is 10.9 Å². The van der Waals surface area contributed by atoms with Gasteiger partial charge in [-0.3, -0.25) is 4.79 Å². The van der Waals surface area contributed by atoms with Crippen LogP contribution in [0.5, 0.6) is 0 Å². The number of morpholine rings is 1. The average Bonchev–Trinajstić information content (AvgIpc) is 3.22. The molecule has 1 amide bonds. The van der Waals surface area contributed by atoms with Crippen LogP contribution in [0.3, 0.4) is 0 Å². The first-order valence-electron chi connectivity index (χ1n) is 10.2. The number of amides is 1. The molecule has 1 aliphatic carbocycles. The minimum atomic E-state index is 0.0760. The number of ether oxygens (including phenoxy) is 1. The van der Waals surface area contributed by atoms with Gasteiger partial charge < -0.3 is 15.0 Å². The van der Waals surface area contributed by atoms with Crippen LogP contribution in [-0.4, -0.2) is 50.6 Å². The molecule has 3 aliphatic rings. The molecule has 154 valence electrons. The summed E-state index contributed by atoms with van der Waals surface area (Å²) in [6.07, 6.45) is 4.14. The van der Waals surface area contributed by atoms with E-state index in [9.17, 15) is 4.79 Å². The van der Waals surface area contributed by atoms with Crippen molar-refractivity contribution in [2.45, 2.75) is 44.9 Å². The van der Waals surface area contributed by atoms with Crippen molar-refractivity contribution >= 4 is 39.5 Å². The zero-order chi connectivity index (χ0) is 20.4. The van der Waals surface area contributed by atoms with Crippen LogP contribution in [0, 0.1) is 19.8 Å². The standard InChI is InChI=1S/C21H21N5O2S2/c1-10-19(30-11(2)23-10)15-9-29-21(24-15)25-16-6-3-12(7-22-16)20(27)26-13-4-5-14-17(26)18(14)28-8-13/h3,6-7,9,13-14,17-18H,4-5,8H2,1-2H3,(H,22,24,25)/t13-,14?,17+,18-/m0/s1. The van der Waals surface area contributed by atoms with Crippen molar-refractivity contribution in [2.24, 2.45) is 5.92 Å². The first-order valence-corrected chi connectivity index (χ1v) is 11.9. The van der Waals surface area contributed by atoms with Gasteiger partial charge in [-0.15, -0.1) is 22.7 Å². The lowest BCUT2D eigenvalue weighted by atomic mass is 10.0. The molecule has 7 nitrogen and oxygen atoms in total. The summed E-state index contributed by atoms with van der Waals surface area (Å²) >= 11 is 3.18. The van der Waals surface area contributed by atoms with Crippen molar-refractivity contribution in [3.63, 3.8) is 0 Å². The first kappa shape index (κ1) is 18.4.